The molecule has 4 aromatic carbocycles. The lowest BCUT2D eigenvalue weighted by molar-refractivity contribution is 0.0960. The molecule has 0 fully saturated rings. The minimum Gasteiger partial charge on any atom is -0.496 e. The Hall–Kier alpha value is -4.80. The molecule has 0 bridgehead atoms. The first-order valence-electron chi connectivity index (χ1n) is 12.9. The number of fused-ring (bicyclic) bond motifs is 1. The largest absolute Gasteiger partial charge is 0.496 e. The van der Waals surface area contributed by atoms with Crippen molar-refractivity contribution in [3.8, 4) is 17.0 Å². The maximum absolute atomic E-state index is 13.3. The van der Waals surface area contributed by atoms with Crippen LogP contribution in [0.1, 0.15) is 21.5 Å². The van der Waals surface area contributed by atoms with E-state index in [1.165, 1.54) is 7.11 Å². The Bertz CT molecular complexity index is 1840. The molecule has 0 saturated carbocycles. The monoisotopic (exact) mass is 567 g/mol. The van der Waals surface area contributed by atoms with E-state index in [1.807, 2.05) is 60.7 Å². The van der Waals surface area contributed by atoms with E-state index in [4.69, 9.17) is 4.74 Å². The zero-order chi connectivity index (χ0) is 29.0. The molecule has 1 aromatic heterocycles. The van der Waals surface area contributed by atoms with Gasteiger partial charge in [0.15, 0.2) is 5.82 Å². The van der Waals surface area contributed by atoms with Crippen LogP contribution in [0.5, 0.6) is 5.75 Å². The van der Waals surface area contributed by atoms with Gasteiger partial charge >= 0.3 is 0 Å². The van der Waals surface area contributed by atoms with Gasteiger partial charge in [0.1, 0.15) is 11.4 Å². The third-order valence-electron chi connectivity index (χ3n) is 6.68. The number of methoxy groups -OCH3 is 1. The molecule has 5 aromatic rings. The molecule has 0 radical (unpaired) electrons. The second kappa shape index (κ2) is 11.7. The van der Waals surface area contributed by atoms with Gasteiger partial charge in [-0.25, -0.2) is 13.1 Å². The molecule has 208 valence electrons. The molecule has 9 nitrogen and oxygen atoms in total. The van der Waals surface area contributed by atoms with Crippen molar-refractivity contribution in [3.05, 3.63) is 108 Å². The molecular weight excluding hydrogens is 538 g/mol. The Balaban J connectivity index is 1.50. The Morgan fingerprint density at radius 2 is 1.61 bits per heavy atom. The molecule has 1 heterocycles. The van der Waals surface area contributed by atoms with Crippen molar-refractivity contribution in [1.82, 2.24) is 20.2 Å². The quantitative estimate of drug-likeness (QED) is 0.224. The summed E-state index contributed by atoms with van der Waals surface area (Å²) in [5, 5.41) is 16.4. The third-order valence-corrected chi connectivity index (χ3v) is 8.22. The maximum Gasteiger partial charge on any atom is 0.254 e. The molecule has 0 aliphatic carbocycles. The average molecular weight is 568 g/mol. The van der Waals surface area contributed by atoms with E-state index in [0.717, 1.165) is 16.3 Å². The number of benzene rings is 4. The third kappa shape index (κ3) is 5.88. The van der Waals surface area contributed by atoms with Crippen LogP contribution >= 0.6 is 0 Å². The van der Waals surface area contributed by atoms with Gasteiger partial charge in [-0.15, -0.1) is 10.2 Å². The molecule has 0 atom stereocenters. The number of aromatic nitrogens is 2. The molecule has 0 unspecified atom stereocenters. The first-order valence-corrected chi connectivity index (χ1v) is 14.4. The summed E-state index contributed by atoms with van der Waals surface area (Å²) in [5.41, 5.74) is 3.66. The zero-order valence-electron chi connectivity index (χ0n) is 22.8. The van der Waals surface area contributed by atoms with Crippen LogP contribution in [0.2, 0.25) is 0 Å². The van der Waals surface area contributed by atoms with Crippen molar-refractivity contribution in [2.24, 2.45) is 0 Å². The summed E-state index contributed by atoms with van der Waals surface area (Å²) in [5.74, 6) is 0.659. The molecular formula is C31H29N5O4S. The highest BCUT2D eigenvalue weighted by molar-refractivity contribution is 7.89. The fourth-order valence-electron chi connectivity index (χ4n) is 4.53. The van der Waals surface area contributed by atoms with Gasteiger partial charge in [-0.2, -0.15) is 0 Å². The highest BCUT2D eigenvalue weighted by atomic mass is 32.2. The fourth-order valence-corrected chi connectivity index (χ4v) is 5.82. The Kier molecular flexibility index (Phi) is 7.95. The van der Waals surface area contributed by atoms with Gasteiger partial charge in [0.2, 0.25) is 10.0 Å². The molecule has 0 spiro atoms. The number of aryl methyl sites for hydroxylation is 1. The SMILES string of the molecule is CNC(=O)c1cc(Nc2nnc(-c3ccc(C)c(S(=O)(=O)NCc4ccccc4)c3)c3ccccc23)ccc1OC. The van der Waals surface area contributed by atoms with Crippen LogP contribution in [0.3, 0.4) is 0 Å². The minimum absolute atomic E-state index is 0.180. The molecule has 5 rings (SSSR count). The lowest BCUT2D eigenvalue weighted by Crippen LogP contribution is -2.24. The number of ether oxygens (including phenoxy) is 1. The molecule has 0 aliphatic heterocycles. The van der Waals surface area contributed by atoms with Gasteiger partial charge < -0.3 is 15.4 Å². The maximum atomic E-state index is 13.3. The van der Waals surface area contributed by atoms with Crippen LogP contribution < -0.4 is 20.1 Å². The molecule has 41 heavy (non-hydrogen) atoms. The number of nitrogens with zero attached hydrogens (tertiary/aromatic N) is 2. The smallest absolute Gasteiger partial charge is 0.254 e. The van der Waals surface area contributed by atoms with E-state index in [0.29, 0.717) is 39.6 Å². The number of sulfonamides is 1. The minimum atomic E-state index is -3.79. The Morgan fingerprint density at radius 3 is 2.34 bits per heavy atom. The number of hydrogen-bond acceptors (Lipinski definition) is 7. The van der Waals surface area contributed by atoms with E-state index in [2.05, 4.69) is 25.6 Å². The van der Waals surface area contributed by atoms with Crippen LogP contribution in [-0.4, -0.2) is 38.7 Å². The van der Waals surface area contributed by atoms with Crippen molar-refractivity contribution in [2.75, 3.05) is 19.5 Å². The predicted octanol–water partition coefficient (Wildman–Crippen LogP) is 5.20. The van der Waals surface area contributed by atoms with E-state index in [9.17, 15) is 13.2 Å². The number of carbonyl (C=O) groups excluding carboxylic acids is 1. The van der Waals surface area contributed by atoms with Crippen molar-refractivity contribution in [1.29, 1.82) is 0 Å². The van der Waals surface area contributed by atoms with Gasteiger partial charge in [-0.3, -0.25) is 4.79 Å². The number of anilines is 2. The highest BCUT2D eigenvalue weighted by Crippen LogP contribution is 2.33. The van der Waals surface area contributed by atoms with E-state index in [1.54, 1.807) is 44.3 Å². The van der Waals surface area contributed by atoms with E-state index >= 15 is 0 Å². The summed E-state index contributed by atoms with van der Waals surface area (Å²) in [6, 6.07) is 27.4. The number of carbonyl (C=O) groups is 1. The van der Waals surface area contributed by atoms with Crippen molar-refractivity contribution >= 4 is 38.2 Å². The van der Waals surface area contributed by atoms with E-state index in [-0.39, 0.29) is 17.3 Å². The second-order valence-electron chi connectivity index (χ2n) is 9.35. The van der Waals surface area contributed by atoms with Gasteiger partial charge in [0.05, 0.1) is 17.6 Å². The topological polar surface area (TPSA) is 122 Å². The molecule has 0 aliphatic rings. The number of rotatable bonds is 9. The average Bonchev–Trinajstić information content (AvgIpc) is 3.00. The van der Waals surface area contributed by atoms with Crippen molar-refractivity contribution < 1.29 is 17.9 Å². The first kappa shape index (κ1) is 27.8. The van der Waals surface area contributed by atoms with Crippen LogP contribution in [0.4, 0.5) is 11.5 Å². The van der Waals surface area contributed by atoms with Crippen LogP contribution in [0.25, 0.3) is 22.0 Å². The lowest BCUT2D eigenvalue weighted by Gasteiger charge is -2.14. The Labute approximate surface area is 238 Å². The van der Waals surface area contributed by atoms with Crippen molar-refractivity contribution in [3.63, 3.8) is 0 Å². The van der Waals surface area contributed by atoms with Gasteiger partial charge in [-0.05, 0) is 42.3 Å². The summed E-state index contributed by atoms with van der Waals surface area (Å²) < 4.78 is 34.6. The summed E-state index contributed by atoms with van der Waals surface area (Å²) in [4.78, 5) is 12.5. The molecule has 0 saturated heterocycles. The van der Waals surface area contributed by atoms with Crippen LogP contribution in [-0.2, 0) is 16.6 Å². The summed E-state index contributed by atoms with van der Waals surface area (Å²) in [6.45, 7) is 1.95. The first-order chi connectivity index (χ1) is 19.8. The lowest BCUT2D eigenvalue weighted by atomic mass is 10.0. The normalized spacial score (nSPS) is 11.3. The standard InChI is InChI=1S/C31H29N5O4S/c1-20-13-14-22(17-28(20)41(38,39)33-19-21-9-5-4-6-10-21)29-24-11-7-8-12-25(24)30(36-35-29)34-23-15-16-27(40-3)26(18-23)31(37)32-2/h4-18,33H,19H2,1-3H3,(H,32,37)(H,34,36). The summed E-state index contributed by atoms with van der Waals surface area (Å²) in [7, 11) is -0.731. The summed E-state index contributed by atoms with van der Waals surface area (Å²) >= 11 is 0. The molecule has 1 amide bonds. The Morgan fingerprint density at radius 1 is 0.878 bits per heavy atom. The number of amides is 1. The van der Waals surface area contributed by atoms with Crippen LogP contribution in [0, 0.1) is 6.92 Å². The second-order valence-corrected chi connectivity index (χ2v) is 11.1. The zero-order valence-corrected chi connectivity index (χ0v) is 23.6. The van der Waals surface area contributed by atoms with Gasteiger partial charge in [-0.1, -0.05) is 66.7 Å². The fraction of sp³-hybridized carbons (Fsp3) is 0.129. The molecule has 3 N–H and O–H groups in total. The predicted molar refractivity (Wildman–Crippen MR) is 160 cm³/mol. The summed E-state index contributed by atoms with van der Waals surface area (Å²) in [6.07, 6.45) is 0. The molecule has 10 heteroatoms. The number of nitrogens with one attached hydrogen (secondary N) is 3. The van der Waals surface area contributed by atoms with Crippen molar-refractivity contribution in [2.45, 2.75) is 18.4 Å². The van der Waals surface area contributed by atoms with E-state index < -0.39 is 10.0 Å². The highest BCUT2D eigenvalue weighted by Gasteiger charge is 2.20. The van der Waals surface area contributed by atoms with Gasteiger partial charge in [0.25, 0.3) is 5.91 Å². The van der Waals surface area contributed by atoms with Gasteiger partial charge in [0, 0.05) is 35.6 Å². The van der Waals surface area contributed by atoms with Crippen LogP contribution in [0.15, 0.2) is 95.9 Å². The number of hydrogen-bond donors (Lipinski definition) is 3.